The van der Waals surface area contributed by atoms with Gasteiger partial charge in [-0.1, -0.05) is 72.6 Å². The Morgan fingerprint density at radius 1 is 0.567 bits per heavy atom. The average Bonchev–Trinajstić information content (AvgIpc) is 2.75. The molecule has 0 bridgehead atoms. The summed E-state index contributed by atoms with van der Waals surface area (Å²) in [7, 11) is -3.19. The summed E-state index contributed by atoms with van der Waals surface area (Å²) in [5.74, 6) is -1.81. The summed E-state index contributed by atoms with van der Waals surface area (Å²) in [4.78, 5) is 23.1. The van der Waals surface area contributed by atoms with E-state index in [1.54, 1.807) is 0 Å². The fourth-order valence-electron chi connectivity index (χ4n) is 3.97. The van der Waals surface area contributed by atoms with Crippen LogP contribution < -0.4 is 0 Å². The van der Waals surface area contributed by atoms with Crippen molar-refractivity contribution in [1.82, 2.24) is 4.31 Å². The van der Waals surface area contributed by atoms with Crippen LogP contribution in [0.3, 0.4) is 0 Å². The van der Waals surface area contributed by atoms with Crippen LogP contribution in [0.5, 0.6) is 0 Å². The minimum Gasteiger partial charge on any atom is -0.213 e. The van der Waals surface area contributed by atoms with Crippen molar-refractivity contribution in [2.75, 3.05) is 19.3 Å². The van der Waals surface area contributed by atoms with Crippen LogP contribution in [0, 0.1) is 0 Å². The van der Waals surface area contributed by atoms with Crippen molar-refractivity contribution in [2.24, 2.45) is 0 Å². The number of piperidine rings is 1. The first kappa shape index (κ1) is 27.8. The van der Waals surface area contributed by atoms with Crippen molar-refractivity contribution >= 4 is 10.0 Å². The summed E-state index contributed by atoms with van der Waals surface area (Å²) in [5, 5.41) is 0. The monoisotopic (exact) mass is 451 g/mol. The summed E-state index contributed by atoms with van der Waals surface area (Å²) in [6.07, 6.45) is 14.4. The normalized spacial score (nSPS) is 25.6. The highest BCUT2D eigenvalue weighted by Gasteiger charge is 2.50. The van der Waals surface area contributed by atoms with E-state index in [1.807, 2.05) is 27.7 Å². The van der Waals surface area contributed by atoms with E-state index < -0.39 is 21.6 Å². The van der Waals surface area contributed by atoms with Crippen molar-refractivity contribution in [3.63, 3.8) is 0 Å². The molecule has 0 aromatic heterocycles. The maximum absolute atomic E-state index is 11.7. The van der Waals surface area contributed by atoms with E-state index in [-0.39, 0.29) is 0 Å². The molecule has 7 nitrogen and oxygen atoms in total. The molecule has 1 aliphatic carbocycles. The fraction of sp³-hybridized carbons (Fsp3) is 1.00. The molecule has 2 heterocycles. The highest BCUT2D eigenvalue weighted by atomic mass is 32.2. The standard InChI is InChI=1S/C18H33NO6S.2C2H6/c1-26(20,21)19-15-13-18(14-16-19)24-22-17(23-25-18)11-9-7-5-3-2-4-6-8-10-12-17;2*1-2/h2-16H2,1H3;2*1-2H3. The SMILES string of the molecule is CC.CC.CS(=O)(=O)N1CCC2(CC1)OOC1(CCCCCCCCCCC1)OO2. The largest absolute Gasteiger partial charge is 0.236 e. The highest BCUT2D eigenvalue weighted by Crippen LogP contribution is 2.41. The van der Waals surface area contributed by atoms with Crippen LogP contribution in [0.2, 0.25) is 0 Å². The van der Waals surface area contributed by atoms with Gasteiger partial charge in [-0.25, -0.2) is 12.7 Å². The van der Waals surface area contributed by atoms with E-state index in [0.717, 1.165) is 25.7 Å². The zero-order valence-corrected chi connectivity index (χ0v) is 20.7. The van der Waals surface area contributed by atoms with Crippen LogP contribution in [0.15, 0.2) is 0 Å². The molecule has 2 aliphatic heterocycles. The van der Waals surface area contributed by atoms with Gasteiger partial charge < -0.3 is 0 Å². The molecule has 2 spiro atoms. The van der Waals surface area contributed by atoms with Crippen LogP contribution in [-0.2, 0) is 29.6 Å². The molecule has 8 heteroatoms. The summed E-state index contributed by atoms with van der Waals surface area (Å²) < 4.78 is 24.8. The van der Waals surface area contributed by atoms with Crippen molar-refractivity contribution in [3.05, 3.63) is 0 Å². The van der Waals surface area contributed by atoms with Crippen molar-refractivity contribution < 1.29 is 28.0 Å². The quantitative estimate of drug-likeness (QED) is 0.476. The number of sulfonamides is 1. The minimum absolute atomic E-state index is 0.346. The molecule has 0 aromatic rings. The van der Waals surface area contributed by atoms with Gasteiger partial charge in [0.05, 0.1) is 6.26 Å². The Morgan fingerprint density at radius 3 is 1.20 bits per heavy atom. The van der Waals surface area contributed by atoms with E-state index in [1.165, 1.54) is 55.5 Å². The molecule has 3 aliphatic rings. The van der Waals surface area contributed by atoms with Crippen LogP contribution in [0.4, 0.5) is 0 Å². The molecule has 0 radical (unpaired) electrons. The average molecular weight is 452 g/mol. The van der Waals surface area contributed by atoms with Gasteiger partial charge in [-0.3, -0.25) is 0 Å². The zero-order chi connectivity index (χ0) is 22.5. The van der Waals surface area contributed by atoms with Crippen molar-refractivity contribution in [2.45, 2.75) is 123 Å². The number of rotatable bonds is 1. The first-order chi connectivity index (χ1) is 14.4. The van der Waals surface area contributed by atoms with Crippen LogP contribution in [0.25, 0.3) is 0 Å². The third-order valence-electron chi connectivity index (χ3n) is 5.76. The van der Waals surface area contributed by atoms with Gasteiger partial charge in [0.15, 0.2) is 0 Å². The second-order valence-electron chi connectivity index (χ2n) is 8.00. The predicted molar refractivity (Wildman–Crippen MR) is 119 cm³/mol. The van der Waals surface area contributed by atoms with Gasteiger partial charge in [-0.15, -0.1) is 0 Å². The first-order valence-electron chi connectivity index (χ1n) is 12.1. The maximum Gasteiger partial charge on any atom is 0.236 e. The van der Waals surface area contributed by atoms with E-state index >= 15 is 0 Å². The van der Waals surface area contributed by atoms with Crippen molar-refractivity contribution in [3.8, 4) is 0 Å². The number of nitrogens with zero attached hydrogens (tertiary/aromatic N) is 1. The van der Waals surface area contributed by atoms with Gasteiger partial charge in [0.2, 0.25) is 21.6 Å². The smallest absolute Gasteiger partial charge is 0.213 e. The van der Waals surface area contributed by atoms with E-state index in [2.05, 4.69) is 0 Å². The van der Waals surface area contributed by atoms with Crippen LogP contribution >= 0.6 is 0 Å². The van der Waals surface area contributed by atoms with Crippen LogP contribution in [0.1, 0.15) is 111 Å². The third kappa shape index (κ3) is 8.71. The molecule has 1 saturated carbocycles. The molecule has 2 saturated heterocycles. The molecule has 180 valence electrons. The van der Waals surface area contributed by atoms with Gasteiger partial charge in [0.1, 0.15) is 0 Å². The second kappa shape index (κ2) is 14.0. The lowest BCUT2D eigenvalue weighted by atomic mass is 9.97. The van der Waals surface area contributed by atoms with E-state index in [0.29, 0.717) is 25.9 Å². The van der Waals surface area contributed by atoms with E-state index in [4.69, 9.17) is 19.6 Å². The molecule has 0 atom stereocenters. The Kier molecular flexibility index (Phi) is 13.0. The predicted octanol–water partition coefficient (Wildman–Crippen LogP) is 5.70. The molecule has 0 aromatic carbocycles. The Balaban J connectivity index is 0.00000106. The molecule has 30 heavy (non-hydrogen) atoms. The fourth-order valence-corrected chi connectivity index (χ4v) is 4.82. The third-order valence-corrected chi connectivity index (χ3v) is 7.06. The topological polar surface area (TPSA) is 74.3 Å². The molecule has 0 unspecified atom stereocenters. The number of hydrogen-bond acceptors (Lipinski definition) is 6. The molecular formula is C22H45NO6S. The Bertz CT molecular complexity index is 522. The Morgan fingerprint density at radius 2 is 0.867 bits per heavy atom. The molecular weight excluding hydrogens is 406 g/mol. The lowest BCUT2D eigenvalue weighted by molar-refractivity contribution is -0.661. The molecule has 3 fully saturated rings. The lowest BCUT2D eigenvalue weighted by Crippen LogP contribution is -2.55. The lowest BCUT2D eigenvalue weighted by Gasteiger charge is -2.46. The van der Waals surface area contributed by atoms with Crippen molar-refractivity contribution in [1.29, 1.82) is 0 Å². The molecule has 3 rings (SSSR count). The Hall–Kier alpha value is -0.250. The van der Waals surface area contributed by atoms with Gasteiger partial charge in [0, 0.05) is 38.8 Å². The van der Waals surface area contributed by atoms with Gasteiger partial charge in [0.25, 0.3) is 0 Å². The Labute approximate surface area is 184 Å². The zero-order valence-electron chi connectivity index (χ0n) is 19.9. The van der Waals surface area contributed by atoms with Gasteiger partial charge in [-0.05, 0) is 12.8 Å². The maximum atomic E-state index is 11.7. The van der Waals surface area contributed by atoms with Gasteiger partial charge >= 0.3 is 0 Å². The minimum atomic E-state index is -3.19. The van der Waals surface area contributed by atoms with E-state index in [9.17, 15) is 8.42 Å². The summed E-state index contributed by atoms with van der Waals surface area (Å²) >= 11 is 0. The van der Waals surface area contributed by atoms with Crippen LogP contribution in [-0.4, -0.2) is 43.6 Å². The molecule has 0 amide bonds. The number of hydrogen-bond donors (Lipinski definition) is 0. The summed E-state index contributed by atoms with van der Waals surface area (Å²) in [5.41, 5.74) is 0. The summed E-state index contributed by atoms with van der Waals surface area (Å²) in [6, 6.07) is 0. The summed E-state index contributed by atoms with van der Waals surface area (Å²) in [6.45, 7) is 8.69. The molecule has 0 N–H and O–H groups in total. The van der Waals surface area contributed by atoms with Gasteiger partial charge in [-0.2, -0.15) is 19.6 Å². The highest BCUT2D eigenvalue weighted by molar-refractivity contribution is 7.88. The second-order valence-corrected chi connectivity index (χ2v) is 9.98. The first-order valence-corrected chi connectivity index (χ1v) is 14.0.